The average Bonchev–Trinajstić information content (AvgIpc) is 2.28. The summed E-state index contributed by atoms with van der Waals surface area (Å²) in [6, 6.07) is 3.97. The molecule has 6 nitrogen and oxygen atoms in total. The summed E-state index contributed by atoms with van der Waals surface area (Å²) in [5, 5.41) is 7.52. The zero-order chi connectivity index (χ0) is 13.8. The molecule has 0 saturated heterocycles. The van der Waals surface area contributed by atoms with Gasteiger partial charge in [-0.25, -0.2) is 13.6 Å². The van der Waals surface area contributed by atoms with E-state index in [1.54, 1.807) is 13.0 Å². The first-order valence-electron chi connectivity index (χ1n) is 5.03. The first-order valence-corrected chi connectivity index (χ1v) is 6.57. The zero-order valence-corrected chi connectivity index (χ0v) is 10.8. The topological polar surface area (TPSA) is 98.5 Å². The molecule has 98 valence electrons. The van der Waals surface area contributed by atoms with E-state index in [0.717, 1.165) is 0 Å². The van der Waals surface area contributed by atoms with Crippen LogP contribution in [0.4, 0.5) is 5.69 Å². The van der Waals surface area contributed by atoms with Crippen molar-refractivity contribution in [2.45, 2.75) is 11.8 Å². The Morgan fingerprint density at radius 1 is 1.44 bits per heavy atom. The number of rotatable bonds is 4. The van der Waals surface area contributed by atoms with Gasteiger partial charge in [-0.05, 0) is 31.2 Å². The molecule has 0 radical (unpaired) electrons. The van der Waals surface area contributed by atoms with Crippen LogP contribution in [0.3, 0.4) is 0 Å². The number of hydrogen-bond acceptors (Lipinski definition) is 4. The molecule has 18 heavy (non-hydrogen) atoms. The Balaban J connectivity index is 3.18. The lowest BCUT2D eigenvalue weighted by Gasteiger charge is -2.10. The Hall–Kier alpha value is -1.86. The fraction of sp³-hybridized carbons (Fsp3) is 0.182. The average molecular weight is 270 g/mol. The van der Waals surface area contributed by atoms with Crippen molar-refractivity contribution in [2.24, 2.45) is 5.14 Å². The largest absolute Gasteiger partial charge is 0.495 e. The summed E-state index contributed by atoms with van der Waals surface area (Å²) in [5.74, 6) is -0.0392. The van der Waals surface area contributed by atoms with E-state index < -0.39 is 10.0 Å². The number of amides is 1. The van der Waals surface area contributed by atoms with E-state index in [-0.39, 0.29) is 16.5 Å². The highest BCUT2D eigenvalue weighted by molar-refractivity contribution is 7.89. The van der Waals surface area contributed by atoms with Crippen LogP contribution >= 0.6 is 0 Å². The number of nitrogens with one attached hydrogen (secondary N) is 1. The van der Waals surface area contributed by atoms with E-state index in [0.29, 0.717) is 5.75 Å². The summed E-state index contributed by atoms with van der Waals surface area (Å²) < 4.78 is 27.4. The monoisotopic (exact) mass is 270 g/mol. The Morgan fingerprint density at radius 3 is 2.61 bits per heavy atom. The minimum Gasteiger partial charge on any atom is -0.495 e. The van der Waals surface area contributed by atoms with Crippen molar-refractivity contribution in [1.29, 1.82) is 0 Å². The van der Waals surface area contributed by atoms with Gasteiger partial charge in [0, 0.05) is 0 Å². The van der Waals surface area contributed by atoms with Crippen LogP contribution < -0.4 is 15.2 Å². The summed E-state index contributed by atoms with van der Waals surface area (Å²) in [4.78, 5) is 11.3. The lowest BCUT2D eigenvalue weighted by Crippen LogP contribution is -2.14. The molecule has 7 heteroatoms. The number of primary sulfonamides is 1. The third-order valence-corrected chi connectivity index (χ3v) is 2.99. The molecule has 0 aromatic heterocycles. The lowest BCUT2D eigenvalue weighted by atomic mass is 10.3. The van der Waals surface area contributed by atoms with Gasteiger partial charge in [0.15, 0.2) is 0 Å². The molecular formula is C11H14N2O4S. The minimum absolute atomic E-state index is 0.0981. The maximum Gasteiger partial charge on any atom is 0.248 e. The number of hydrogen-bond donors (Lipinski definition) is 2. The molecule has 0 aliphatic heterocycles. The van der Waals surface area contributed by atoms with Crippen molar-refractivity contribution in [2.75, 3.05) is 12.4 Å². The maximum absolute atomic E-state index is 11.4. The fourth-order valence-electron chi connectivity index (χ4n) is 1.29. The number of benzene rings is 1. The molecule has 1 aromatic rings. The van der Waals surface area contributed by atoms with Crippen molar-refractivity contribution in [3.8, 4) is 5.75 Å². The minimum atomic E-state index is -3.82. The highest BCUT2D eigenvalue weighted by Crippen LogP contribution is 2.26. The molecule has 0 bridgehead atoms. The summed E-state index contributed by atoms with van der Waals surface area (Å²) in [7, 11) is -2.41. The summed E-state index contributed by atoms with van der Waals surface area (Å²) in [5.41, 5.74) is 0.243. The van der Waals surface area contributed by atoms with Gasteiger partial charge < -0.3 is 10.1 Å². The number of methoxy groups -OCH3 is 1. The molecule has 0 fully saturated rings. The summed E-state index contributed by atoms with van der Waals surface area (Å²) in [6.45, 7) is 1.69. The first kappa shape index (κ1) is 14.2. The second-order valence-electron chi connectivity index (χ2n) is 3.40. The van der Waals surface area contributed by atoms with Crippen molar-refractivity contribution < 1.29 is 17.9 Å². The summed E-state index contributed by atoms with van der Waals surface area (Å²) in [6.07, 6.45) is 2.87. The SMILES string of the molecule is C/C=C/C(=O)Nc1cc(S(N)(=O)=O)ccc1OC. The standard InChI is InChI=1S/C11H14N2O4S/c1-3-4-11(14)13-9-7-8(18(12,15)16)5-6-10(9)17-2/h3-7H,1-2H3,(H,13,14)(H2,12,15,16)/b4-3+. The van der Waals surface area contributed by atoms with Crippen LogP contribution in [-0.4, -0.2) is 21.4 Å². The van der Waals surface area contributed by atoms with E-state index in [2.05, 4.69) is 5.32 Å². The number of anilines is 1. The van der Waals surface area contributed by atoms with E-state index in [1.165, 1.54) is 31.4 Å². The van der Waals surface area contributed by atoms with E-state index in [1.807, 2.05) is 0 Å². The number of carbonyl (C=O) groups is 1. The van der Waals surface area contributed by atoms with Gasteiger partial charge in [-0.15, -0.1) is 0 Å². The van der Waals surface area contributed by atoms with E-state index >= 15 is 0 Å². The predicted molar refractivity (Wildman–Crippen MR) is 67.8 cm³/mol. The number of carbonyl (C=O) groups excluding carboxylic acids is 1. The first-order chi connectivity index (χ1) is 8.38. The molecule has 0 spiro atoms. The number of nitrogens with two attached hydrogens (primary N) is 1. The molecule has 0 heterocycles. The summed E-state index contributed by atoms with van der Waals surface area (Å²) >= 11 is 0. The van der Waals surface area contributed by atoms with Gasteiger partial charge in [-0.1, -0.05) is 6.08 Å². The third kappa shape index (κ3) is 3.57. The smallest absolute Gasteiger partial charge is 0.248 e. The number of ether oxygens (including phenoxy) is 1. The van der Waals surface area contributed by atoms with E-state index in [4.69, 9.17) is 9.88 Å². The van der Waals surface area contributed by atoms with Crippen LogP contribution in [-0.2, 0) is 14.8 Å². The quantitative estimate of drug-likeness (QED) is 0.792. The lowest BCUT2D eigenvalue weighted by molar-refractivity contribution is -0.111. The normalized spacial score (nSPS) is 11.5. The van der Waals surface area contributed by atoms with Crippen LogP contribution in [0.1, 0.15) is 6.92 Å². The van der Waals surface area contributed by atoms with Gasteiger partial charge in [0.1, 0.15) is 5.75 Å². The molecule has 0 unspecified atom stereocenters. The molecule has 0 atom stereocenters. The molecule has 1 aromatic carbocycles. The maximum atomic E-state index is 11.4. The second-order valence-corrected chi connectivity index (χ2v) is 4.96. The molecule has 3 N–H and O–H groups in total. The van der Waals surface area contributed by atoms with Crippen molar-refractivity contribution in [1.82, 2.24) is 0 Å². The molecule has 1 amide bonds. The molecule has 0 aliphatic carbocycles. The number of allylic oxidation sites excluding steroid dienone is 1. The van der Waals surface area contributed by atoms with Gasteiger partial charge in [0.25, 0.3) is 0 Å². The zero-order valence-electron chi connectivity index (χ0n) is 10.0. The van der Waals surface area contributed by atoms with Crippen LogP contribution in [0, 0.1) is 0 Å². The third-order valence-electron chi connectivity index (χ3n) is 2.08. The van der Waals surface area contributed by atoms with Crippen molar-refractivity contribution >= 4 is 21.6 Å². The Bertz CT molecular complexity index is 579. The van der Waals surface area contributed by atoms with Gasteiger partial charge >= 0.3 is 0 Å². The molecule has 1 rings (SSSR count). The van der Waals surface area contributed by atoms with Gasteiger partial charge in [0.05, 0.1) is 17.7 Å². The molecular weight excluding hydrogens is 256 g/mol. The number of sulfonamides is 1. The fourth-order valence-corrected chi connectivity index (χ4v) is 1.83. The molecule has 0 saturated carbocycles. The second kappa shape index (κ2) is 5.65. The van der Waals surface area contributed by atoms with Crippen LogP contribution in [0.2, 0.25) is 0 Å². The van der Waals surface area contributed by atoms with Gasteiger partial charge in [0.2, 0.25) is 15.9 Å². The Morgan fingerprint density at radius 2 is 2.11 bits per heavy atom. The Kier molecular flexibility index (Phi) is 4.46. The highest BCUT2D eigenvalue weighted by Gasteiger charge is 2.12. The van der Waals surface area contributed by atoms with Crippen molar-refractivity contribution in [3.05, 3.63) is 30.4 Å². The predicted octanol–water partition coefficient (Wildman–Crippen LogP) is 0.857. The molecule has 0 aliphatic rings. The van der Waals surface area contributed by atoms with Crippen molar-refractivity contribution in [3.63, 3.8) is 0 Å². The van der Waals surface area contributed by atoms with E-state index in [9.17, 15) is 13.2 Å². The van der Waals surface area contributed by atoms with Gasteiger partial charge in [-0.3, -0.25) is 4.79 Å². The Labute approximate surface area is 105 Å². The van der Waals surface area contributed by atoms with Crippen LogP contribution in [0.5, 0.6) is 5.75 Å². The van der Waals surface area contributed by atoms with Crippen LogP contribution in [0.25, 0.3) is 0 Å². The van der Waals surface area contributed by atoms with Crippen LogP contribution in [0.15, 0.2) is 35.2 Å². The van der Waals surface area contributed by atoms with Gasteiger partial charge in [-0.2, -0.15) is 0 Å². The highest BCUT2D eigenvalue weighted by atomic mass is 32.2.